The van der Waals surface area contributed by atoms with E-state index in [2.05, 4.69) is 10.3 Å². The summed E-state index contributed by atoms with van der Waals surface area (Å²) in [6.45, 7) is 1.00. The molecule has 0 aliphatic rings. The molecule has 2 aromatic carbocycles. The Kier molecular flexibility index (Phi) is 7.71. The van der Waals surface area contributed by atoms with Gasteiger partial charge in [0.25, 0.3) is 0 Å². The zero-order valence-corrected chi connectivity index (χ0v) is 21.7. The zero-order valence-electron chi connectivity index (χ0n) is 20.9. The highest BCUT2D eigenvalue weighted by atomic mass is 32.2. The lowest BCUT2D eigenvalue weighted by molar-refractivity contribution is 0.254. The Balaban J connectivity index is 1.90. The molecular formula is C25H28N6O5S. The predicted molar refractivity (Wildman–Crippen MR) is 141 cm³/mol. The van der Waals surface area contributed by atoms with Crippen molar-refractivity contribution in [2.75, 3.05) is 46.8 Å². The molecule has 0 saturated carbocycles. The number of ether oxygens (including phenoxy) is 3. The van der Waals surface area contributed by atoms with Crippen molar-refractivity contribution in [2.45, 2.75) is 4.90 Å². The number of rotatable bonds is 10. The first kappa shape index (κ1) is 26.1. The molecule has 0 amide bonds. The molecule has 2 heterocycles. The number of pyridine rings is 1. The molecule has 4 rings (SSSR count). The first-order valence-electron chi connectivity index (χ1n) is 11.3. The van der Waals surface area contributed by atoms with Crippen LogP contribution >= 0.6 is 0 Å². The number of methoxy groups -OCH3 is 2. The van der Waals surface area contributed by atoms with E-state index in [9.17, 15) is 8.42 Å². The fraction of sp³-hybridized carbons (Fsp3) is 0.240. The molecule has 37 heavy (non-hydrogen) atoms. The number of anilines is 2. The third kappa shape index (κ3) is 6.23. The smallest absolute Gasteiger partial charge is 0.240 e. The second kappa shape index (κ2) is 10.9. The average Bonchev–Trinajstić information content (AvgIpc) is 2.87. The van der Waals surface area contributed by atoms with Gasteiger partial charge >= 0.3 is 0 Å². The van der Waals surface area contributed by atoms with E-state index >= 15 is 0 Å². The zero-order chi connectivity index (χ0) is 26.6. The third-order valence-electron chi connectivity index (χ3n) is 5.34. The Bertz CT molecular complexity index is 1510. The van der Waals surface area contributed by atoms with Crippen molar-refractivity contribution < 1.29 is 22.6 Å². The standard InChI is InChI=1S/C25H28N6O5S/c1-31(2)11-12-36-22-10-9-21(37(26,32)33)23(30-22)24-25(29-20-8-6-5-7-19(20)28-24)27-16-13-17(34-3)15-18(14-16)35-4/h5-10,13-15H,11-12H2,1-4H3,(H,27,29)(H2,26,32,33). The van der Waals surface area contributed by atoms with Crippen LogP contribution in [0.4, 0.5) is 11.5 Å². The summed E-state index contributed by atoms with van der Waals surface area (Å²) in [6, 6.07) is 15.3. The molecule has 3 N–H and O–H groups in total. The molecule has 0 spiro atoms. The Morgan fingerprint density at radius 1 is 0.892 bits per heavy atom. The normalized spacial score (nSPS) is 11.5. The van der Waals surface area contributed by atoms with Crippen LogP contribution in [0, 0.1) is 0 Å². The van der Waals surface area contributed by atoms with Crippen LogP contribution in [0.2, 0.25) is 0 Å². The number of benzene rings is 2. The number of para-hydroxylation sites is 2. The summed E-state index contributed by atoms with van der Waals surface area (Å²) in [4.78, 5) is 15.7. The fourth-order valence-corrected chi connectivity index (χ4v) is 4.18. The highest BCUT2D eigenvalue weighted by molar-refractivity contribution is 7.89. The molecule has 0 radical (unpaired) electrons. The van der Waals surface area contributed by atoms with E-state index in [1.165, 1.54) is 12.1 Å². The molecule has 11 nitrogen and oxygen atoms in total. The molecule has 2 aromatic heterocycles. The van der Waals surface area contributed by atoms with Gasteiger partial charge in [-0.05, 0) is 32.3 Å². The lowest BCUT2D eigenvalue weighted by atomic mass is 10.2. The molecule has 0 aliphatic carbocycles. The van der Waals surface area contributed by atoms with Crippen molar-refractivity contribution in [2.24, 2.45) is 5.14 Å². The lowest BCUT2D eigenvalue weighted by Crippen LogP contribution is -2.20. The number of nitrogens with one attached hydrogen (secondary N) is 1. The van der Waals surface area contributed by atoms with E-state index in [4.69, 9.17) is 29.3 Å². The molecular weight excluding hydrogens is 496 g/mol. The SMILES string of the molecule is COc1cc(Nc2nc3ccccc3nc2-c2nc(OCCN(C)C)ccc2S(N)(=O)=O)cc(OC)c1. The quantitative estimate of drug-likeness (QED) is 0.318. The topological polar surface area (TPSA) is 142 Å². The van der Waals surface area contributed by atoms with Crippen molar-refractivity contribution in [1.29, 1.82) is 0 Å². The van der Waals surface area contributed by atoms with Gasteiger partial charge in [0.1, 0.15) is 34.4 Å². The van der Waals surface area contributed by atoms with Gasteiger partial charge in [0.05, 0.1) is 25.3 Å². The predicted octanol–water partition coefficient (Wildman–Crippen LogP) is 3.04. The Hall–Kier alpha value is -4.00. The number of hydrogen-bond acceptors (Lipinski definition) is 10. The molecule has 0 atom stereocenters. The van der Waals surface area contributed by atoms with Gasteiger partial charge in [0.2, 0.25) is 15.9 Å². The molecule has 0 unspecified atom stereocenters. The van der Waals surface area contributed by atoms with Gasteiger partial charge in [-0.2, -0.15) is 0 Å². The summed E-state index contributed by atoms with van der Waals surface area (Å²) in [5, 5.41) is 8.77. The van der Waals surface area contributed by atoms with Crippen molar-refractivity contribution in [3.05, 3.63) is 54.6 Å². The van der Waals surface area contributed by atoms with Gasteiger partial charge in [0.15, 0.2) is 5.82 Å². The summed E-state index contributed by atoms with van der Waals surface area (Å²) in [6.07, 6.45) is 0. The summed E-state index contributed by atoms with van der Waals surface area (Å²) in [7, 11) is 2.77. The van der Waals surface area contributed by atoms with Crippen LogP contribution in [0.25, 0.3) is 22.4 Å². The number of likely N-dealkylation sites (N-methyl/N-ethyl adjacent to an activating group) is 1. The summed E-state index contributed by atoms with van der Waals surface area (Å²) >= 11 is 0. The molecule has 0 bridgehead atoms. The highest BCUT2D eigenvalue weighted by Crippen LogP contribution is 2.35. The highest BCUT2D eigenvalue weighted by Gasteiger charge is 2.23. The summed E-state index contributed by atoms with van der Waals surface area (Å²) in [5.41, 5.74) is 1.92. The van der Waals surface area contributed by atoms with E-state index in [0.717, 1.165) is 0 Å². The first-order valence-corrected chi connectivity index (χ1v) is 12.8. The Morgan fingerprint density at radius 3 is 2.14 bits per heavy atom. The van der Waals surface area contributed by atoms with Crippen LogP contribution in [-0.2, 0) is 10.0 Å². The number of aromatic nitrogens is 3. The number of sulfonamides is 1. The lowest BCUT2D eigenvalue weighted by Gasteiger charge is -2.16. The van der Waals surface area contributed by atoms with Crippen molar-refractivity contribution >= 4 is 32.6 Å². The summed E-state index contributed by atoms with van der Waals surface area (Å²) < 4.78 is 41.6. The van der Waals surface area contributed by atoms with Crippen molar-refractivity contribution in [3.63, 3.8) is 0 Å². The van der Waals surface area contributed by atoms with Crippen LogP contribution in [-0.4, -0.2) is 69.7 Å². The van der Waals surface area contributed by atoms with Gasteiger partial charge in [-0.25, -0.2) is 28.5 Å². The second-order valence-corrected chi connectivity index (χ2v) is 9.86. The van der Waals surface area contributed by atoms with Crippen LogP contribution in [0.3, 0.4) is 0 Å². The van der Waals surface area contributed by atoms with E-state index in [-0.39, 0.29) is 28.0 Å². The van der Waals surface area contributed by atoms with Gasteiger partial charge < -0.3 is 24.4 Å². The maximum atomic E-state index is 12.5. The minimum atomic E-state index is -4.16. The van der Waals surface area contributed by atoms with Gasteiger partial charge in [0, 0.05) is 36.5 Å². The number of fused-ring (bicyclic) bond motifs is 1. The van der Waals surface area contributed by atoms with Crippen LogP contribution in [0.1, 0.15) is 0 Å². The van der Waals surface area contributed by atoms with Gasteiger partial charge in [-0.1, -0.05) is 12.1 Å². The third-order valence-corrected chi connectivity index (χ3v) is 6.28. The maximum Gasteiger partial charge on any atom is 0.240 e. The first-order chi connectivity index (χ1) is 17.7. The molecule has 0 fully saturated rings. The largest absolute Gasteiger partial charge is 0.497 e. The van der Waals surface area contributed by atoms with E-state index in [1.54, 1.807) is 44.6 Å². The Morgan fingerprint density at radius 2 is 1.54 bits per heavy atom. The number of primary sulfonamides is 1. The second-order valence-electron chi connectivity index (χ2n) is 8.33. The van der Waals surface area contributed by atoms with Gasteiger partial charge in [-0.3, -0.25) is 0 Å². The van der Waals surface area contributed by atoms with Crippen molar-refractivity contribution in [3.8, 4) is 28.8 Å². The van der Waals surface area contributed by atoms with E-state index in [1.807, 2.05) is 31.1 Å². The minimum absolute atomic E-state index is 0.0143. The average molecular weight is 525 g/mol. The number of nitrogens with two attached hydrogens (primary N) is 1. The molecule has 0 saturated heterocycles. The fourth-order valence-electron chi connectivity index (χ4n) is 3.51. The number of hydrogen-bond donors (Lipinski definition) is 2. The summed E-state index contributed by atoms with van der Waals surface area (Å²) in [5.74, 6) is 1.60. The Labute approximate surface area is 215 Å². The van der Waals surface area contributed by atoms with Crippen molar-refractivity contribution in [1.82, 2.24) is 19.9 Å². The van der Waals surface area contributed by atoms with E-state index in [0.29, 0.717) is 41.4 Å². The van der Waals surface area contributed by atoms with Crippen LogP contribution in [0.15, 0.2) is 59.5 Å². The monoisotopic (exact) mass is 524 g/mol. The number of nitrogens with zero attached hydrogens (tertiary/aromatic N) is 4. The molecule has 0 aliphatic heterocycles. The van der Waals surface area contributed by atoms with E-state index < -0.39 is 10.0 Å². The maximum absolute atomic E-state index is 12.5. The van der Waals surface area contributed by atoms with Gasteiger partial charge in [-0.15, -0.1) is 0 Å². The van der Waals surface area contributed by atoms with Crippen LogP contribution < -0.4 is 24.7 Å². The molecule has 194 valence electrons. The molecule has 12 heteroatoms. The minimum Gasteiger partial charge on any atom is -0.497 e. The van der Waals surface area contributed by atoms with Crippen LogP contribution in [0.5, 0.6) is 17.4 Å². The molecule has 4 aromatic rings.